The van der Waals surface area contributed by atoms with Crippen molar-refractivity contribution in [2.45, 2.75) is 95.9 Å². The molecule has 0 spiro atoms. The van der Waals surface area contributed by atoms with Crippen molar-refractivity contribution in [3.05, 3.63) is 10.1 Å². The topological polar surface area (TPSA) is 61.6 Å². The van der Waals surface area contributed by atoms with E-state index in [0.29, 0.717) is 5.92 Å². The van der Waals surface area contributed by atoms with E-state index in [1.807, 2.05) is 6.92 Å². The fourth-order valence-corrected chi connectivity index (χ4v) is 4.17. The van der Waals surface area contributed by atoms with Gasteiger partial charge in [0.25, 0.3) is 5.09 Å². The molecule has 2 fully saturated rings. The first-order valence-corrected chi connectivity index (χ1v) is 8.60. The number of fused-ring (bicyclic) bond motifs is 1. The van der Waals surface area contributed by atoms with Crippen LogP contribution in [0.5, 0.6) is 0 Å². The van der Waals surface area contributed by atoms with E-state index in [1.54, 1.807) is 0 Å². The minimum absolute atomic E-state index is 0.145. The summed E-state index contributed by atoms with van der Waals surface area (Å²) in [5.41, 5.74) is -0.722. The van der Waals surface area contributed by atoms with Crippen LogP contribution in [0, 0.1) is 16.0 Å². The Balaban J connectivity index is 2.19. The van der Waals surface area contributed by atoms with Crippen LogP contribution in [-0.2, 0) is 9.57 Å². The van der Waals surface area contributed by atoms with Gasteiger partial charge in [-0.25, -0.2) is 0 Å². The van der Waals surface area contributed by atoms with Gasteiger partial charge in [-0.15, -0.1) is 10.1 Å². The quantitative estimate of drug-likeness (QED) is 0.542. The van der Waals surface area contributed by atoms with Crippen molar-refractivity contribution in [3.8, 4) is 0 Å². The largest absolute Gasteiger partial charge is 0.372 e. The summed E-state index contributed by atoms with van der Waals surface area (Å²) in [5, 5.41) is 10.5. The summed E-state index contributed by atoms with van der Waals surface area (Å²) >= 11 is 0. The number of ether oxygens (including phenoxy) is 1. The Hall–Kier alpha value is -0.840. The lowest BCUT2D eigenvalue weighted by molar-refractivity contribution is -0.786. The molecule has 122 valence electrons. The Morgan fingerprint density at radius 1 is 1.29 bits per heavy atom. The fraction of sp³-hybridized carbons (Fsp3) is 1.00. The van der Waals surface area contributed by atoms with Crippen molar-refractivity contribution in [2.75, 3.05) is 0 Å². The van der Waals surface area contributed by atoms with Gasteiger partial charge in [-0.05, 0) is 38.0 Å². The summed E-state index contributed by atoms with van der Waals surface area (Å²) in [6.45, 7) is 4.16. The molecule has 0 aromatic rings. The molecular formula is C16H29NO4. The highest BCUT2D eigenvalue weighted by Crippen LogP contribution is 2.44. The minimum atomic E-state index is -0.722. The van der Waals surface area contributed by atoms with E-state index in [2.05, 4.69) is 6.92 Å². The van der Waals surface area contributed by atoms with E-state index in [9.17, 15) is 10.1 Å². The van der Waals surface area contributed by atoms with Crippen LogP contribution in [0.3, 0.4) is 0 Å². The fourth-order valence-electron chi connectivity index (χ4n) is 4.17. The Morgan fingerprint density at radius 3 is 2.71 bits per heavy atom. The van der Waals surface area contributed by atoms with Crippen LogP contribution in [0.15, 0.2) is 0 Å². The van der Waals surface area contributed by atoms with Crippen LogP contribution >= 0.6 is 0 Å². The zero-order valence-corrected chi connectivity index (χ0v) is 13.4. The monoisotopic (exact) mass is 299 g/mol. The van der Waals surface area contributed by atoms with Crippen molar-refractivity contribution in [1.29, 1.82) is 0 Å². The molecule has 2 unspecified atom stereocenters. The van der Waals surface area contributed by atoms with Crippen molar-refractivity contribution >= 4 is 0 Å². The Bertz CT molecular complexity index is 349. The van der Waals surface area contributed by atoms with Gasteiger partial charge in [0.1, 0.15) is 5.60 Å². The predicted molar refractivity (Wildman–Crippen MR) is 80.5 cm³/mol. The molecule has 1 heterocycles. The zero-order chi connectivity index (χ0) is 15.3. The molecule has 1 aliphatic heterocycles. The second-order valence-electron chi connectivity index (χ2n) is 6.66. The van der Waals surface area contributed by atoms with Crippen LogP contribution in [0.1, 0.15) is 78.1 Å². The van der Waals surface area contributed by atoms with Crippen molar-refractivity contribution in [1.82, 2.24) is 0 Å². The van der Waals surface area contributed by atoms with Crippen LogP contribution in [0.4, 0.5) is 0 Å². The number of hydrogen-bond donors (Lipinski definition) is 0. The molecular weight excluding hydrogens is 270 g/mol. The molecule has 0 radical (unpaired) electrons. The van der Waals surface area contributed by atoms with Crippen LogP contribution < -0.4 is 0 Å². The summed E-state index contributed by atoms with van der Waals surface area (Å²) < 4.78 is 6.30. The second-order valence-corrected chi connectivity index (χ2v) is 6.66. The van der Waals surface area contributed by atoms with Crippen LogP contribution in [0.25, 0.3) is 0 Å². The Kier molecular flexibility index (Phi) is 5.85. The molecule has 0 aromatic heterocycles. The second kappa shape index (κ2) is 7.43. The first-order valence-electron chi connectivity index (χ1n) is 8.60. The molecule has 5 heteroatoms. The Morgan fingerprint density at radius 2 is 2.05 bits per heavy atom. The van der Waals surface area contributed by atoms with Crippen LogP contribution in [-0.4, -0.2) is 22.9 Å². The van der Waals surface area contributed by atoms with E-state index in [0.717, 1.165) is 44.9 Å². The zero-order valence-electron chi connectivity index (χ0n) is 13.4. The highest BCUT2D eigenvalue weighted by molar-refractivity contribution is 4.97. The molecule has 5 nitrogen and oxygen atoms in total. The predicted octanol–water partition coefficient (Wildman–Crippen LogP) is 4.27. The first-order chi connectivity index (χ1) is 10.1. The molecule has 2 aliphatic rings. The lowest BCUT2D eigenvalue weighted by Crippen LogP contribution is -2.55. The van der Waals surface area contributed by atoms with Gasteiger partial charge in [0.05, 0.1) is 12.2 Å². The maximum atomic E-state index is 11.1. The van der Waals surface area contributed by atoms with Crippen molar-refractivity contribution in [2.24, 2.45) is 5.92 Å². The van der Waals surface area contributed by atoms with E-state index in [-0.39, 0.29) is 12.2 Å². The van der Waals surface area contributed by atoms with E-state index < -0.39 is 10.7 Å². The smallest absolute Gasteiger partial charge is 0.295 e. The molecule has 0 aromatic carbocycles. The normalized spacial score (nSPS) is 36.6. The van der Waals surface area contributed by atoms with E-state index >= 15 is 0 Å². The van der Waals surface area contributed by atoms with Crippen LogP contribution in [0.2, 0.25) is 0 Å². The molecule has 4 atom stereocenters. The van der Waals surface area contributed by atoms with Gasteiger partial charge in [-0.3, -0.25) is 0 Å². The number of hydrogen-bond acceptors (Lipinski definition) is 4. The van der Waals surface area contributed by atoms with Gasteiger partial charge in [-0.1, -0.05) is 46.0 Å². The molecule has 21 heavy (non-hydrogen) atoms. The summed E-state index contributed by atoms with van der Waals surface area (Å²) in [7, 11) is 0. The highest BCUT2D eigenvalue weighted by Gasteiger charge is 2.50. The summed E-state index contributed by atoms with van der Waals surface area (Å²) in [5.74, 6) is 0.423. The van der Waals surface area contributed by atoms with Gasteiger partial charge in [0.15, 0.2) is 0 Å². The van der Waals surface area contributed by atoms with Gasteiger partial charge in [0.2, 0.25) is 0 Å². The van der Waals surface area contributed by atoms with Gasteiger partial charge in [0, 0.05) is 0 Å². The summed E-state index contributed by atoms with van der Waals surface area (Å²) in [4.78, 5) is 16.3. The lowest BCUT2D eigenvalue weighted by Gasteiger charge is -2.48. The van der Waals surface area contributed by atoms with Crippen molar-refractivity contribution in [3.63, 3.8) is 0 Å². The number of rotatable bonds is 6. The molecule has 1 aliphatic carbocycles. The van der Waals surface area contributed by atoms with Crippen molar-refractivity contribution < 1.29 is 14.7 Å². The third-order valence-corrected chi connectivity index (χ3v) is 5.20. The summed E-state index contributed by atoms with van der Waals surface area (Å²) in [6, 6.07) is 0. The first kappa shape index (κ1) is 16.5. The van der Waals surface area contributed by atoms with E-state index in [1.165, 1.54) is 19.3 Å². The standard InChI is InChI=1S/C16H29NO4/c1-3-5-11-16(21-17(18)19)12-13-9-7-6-8-10-14(13)20-15(16)4-2/h13-15H,3-12H2,1-2H3/t13-,14+,15?,16?/m1/s1. The molecule has 0 N–H and O–H groups in total. The minimum Gasteiger partial charge on any atom is -0.372 e. The third-order valence-electron chi connectivity index (χ3n) is 5.20. The lowest BCUT2D eigenvalue weighted by atomic mass is 9.75. The molecule has 1 saturated carbocycles. The summed E-state index contributed by atoms with van der Waals surface area (Å²) in [6.07, 6.45) is 10.3. The Labute approximate surface area is 127 Å². The average Bonchev–Trinajstić information content (AvgIpc) is 2.68. The molecule has 1 saturated heterocycles. The van der Waals surface area contributed by atoms with Gasteiger partial charge < -0.3 is 9.57 Å². The third kappa shape index (κ3) is 3.87. The number of nitrogens with zero attached hydrogens (tertiary/aromatic N) is 1. The van der Waals surface area contributed by atoms with Gasteiger partial charge >= 0.3 is 0 Å². The maximum absolute atomic E-state index is 11.1. The molecule has 0 amide bonds. The molecule has 0 bridgehead atoms. The number of unbranched alkanes of at least 4 members (excludes halogenated alkanes) is 1. The maximum Gasteiger partial charge on any atom is 0.295 e. The highest BCUT2D eigenvalue weighted by atomic mass is 17.0. The molecule has 2 rings (SSSR count). The van der Waals surface area contributed by atoms with E-state index in [4.69, 9.17) is 9.57 Å². The average molecular weight is 299 g/mol. The SMILES string of the molecule is CCCCC1(O[N+](=O)[O-])C[C@H]2CCCCC[C@@H]2OC1CC. The van der Waals surface area contributed by atoms with Gasteiger partial charge in [-0.2, -0.15) is 0 Å².